The number of rotatable bonds is 3. The van der Waals surface area contributed by atoms with Gasteiger partial charge in [-0.1, -0.05) is 42.5 Å². The van der Waals surface area contributed by atoms with E-state index in [4.69, 9.17) is 5.14 Å². The fraction of sp³-hybridized carbons (Fsp3) is 0.222. The van der Waals surface area contributed by atoms with Crippen molar-refractivity contribution in [3.8, 4) is 0 Å². The molecule has 4 rings (SSSR count). The molecule has 2 aromatic rings. The van der Waals surface area contributed by atoms with Gasteiger partial charge in [0.2, 0.25) is 20.0 Å². The van der Waals surface area contributed by atoms with Gasteiger partial charge in [0.25, 0.3) is 0 Å². The van der Waals surface area contributed by atoms with Crippen molar-refractivity contribution in [3.63, 3.8) is 0 Å². The summed E-state index contributed by atoms with van der Waals surface area (Å²) in [5.41, 5.74) is 1.65. The molecule has 1 saturated heterocycles. The Morgan fingerprint density at radius 2 is 1.81 bits per heavy atom. The number of fused-ring (bicyclic) bond motifs is 2. The second-order valence-corrected chi connectivity index (χ2v) is 9.57. The van der Waals surface area contributed by atoms with Crippen LogP contribution in [0.5, 0.6) is 0 Å². The largest absolute Gasteiger partial charge is 0.243 e. The fourth-order valence-corrected chi connectivity index (χ4v) is 5.64. The van der Waals surface area contributed by atoms with Gasteiger partial charge < -0.3 is 0 Å². The van der Waals surface area contributed by atoms with Crippen LogP contribution in [0.1, 0.15) is 11.1 Å². The summed E-state index contributed by atoms with van der Waals surface area (Å²) in [5.74, 6) is 0. The van der Waals surface area contributed by atoms with Gasteiger partial charge in [0.1, 0.15) is 0 Å². The van der Waals surface area contributed by atoms with Crippen LogP contribution in [0.3, 0.4) is 0 Å². The molecule has 2 heterocycles. The molecule has 2 aromatic carbocycles. The van der Waals surface area contributed by atoms with Crippen molar-refractivity contribution < 1.29 is 16.8 Å². The zero-order chi connectivity index (χ0) is 18.9. The lowest BCUT2D eigenvalue weighted by Gasteiger charge is -2.15. The van der Waals surface area contributed by atoms with Gasteiger partial charge in [-0.15, -0.1) is 6.58 Å². The van der Waals surface area contributed by atoms with Crippen molar-refractivity contribution >= 4 is 20.0 Å². The zero-order valence-corrected chi connectivity index (χ0v) is 15.7. The molecule has 6 nitrogen and oxygen atoms in total. The van der Waals surface area contributed by atoms with Crippen LogP contribution in [0.4, 0.5) is 0 Å². The Labute approximate surface area is 154 Å². The molecule has 0 spiro atoms. The smallest absolute Gasteiger partial charge is 0.225 e. The molecule has 2 aliphatic heterocycles. The highest BCUT2D eigenvalue weighted by atomic mass is 32.2. The maximum Gasteiger partial charge on any atom is 0.243 e. The summed E-state index contributed by atoms with van der Waals surface area (Å²) in [6.45, 7) is 4.25. The molecule has 8 heteroatoms. The van der Waals surface area contributed by atoms with E-state index in [1.54, 1.807) is 40.7 Å². The molecule has 2 atom stereocenters. The number of benzene rings is 2. The Hall–Kier alpha value is -2.00. The minimum Gasteiger partial charge on any atom is -0.225 e. The van der Waals surface area contributed by atoms with E-state index >= 15 is 0 Å². The SMILES string of the molecule is C=CCc1ccccc1S(N)(=O)=O.O=S1(=O)c2ccccc2CC2CN21. The second kappa shape index (κ2) is 6.96. The molecule has 2 unspecified atom stereocenters. The van der Waals surface area contributed by atoms with Crippen LogP contribution >= 0.6 is 0 Å². The highest BCUT2D eigenvalue weighted by molar-refractivity contribution is 7.89. The molecular formula is C18H20N2O4S2. The van der Waals surface area contributed by atoms with E-state index in [-0.39, 0.29) is 10.9 Å². The third kappa shape index (κ3) is 3.73. The summed E-state index contributed by atoms with van der Waals surface area (Å²) in [6.07, 6.45) is 3.03. The molecule has 26 heavy (non-hydrogen) atoms. The zero-order valence-electron chi connectivity index (χ0n) is 14.1. The predicted molar refractivity (Wildman–Crippen MR) is 99.5 cm³/mol. The van der Waals surface area contributed by atoms with E-state index in [1.165, 1.54) is 6.07 Å². The van der Waals surface area contributed by atoms with Crippen molar-refractivity contribution in [2.45, 2.75) is 28.7 Å². The van der Waals surface area contributed by atoms with Gasteiger partial charge in [0.15, 0.2) is 0 Å². The number of allylic oxidation sites excluding steroid dienone is 1. The first-order valence-electron chi connectivity index (χ1n) is 8.06. The van der Waals surface area contributed by atoms with Crippen LogP contribution in [0.15, 0.2) is 71.0 Å². The third-order valence-electron chi connectivity index (χ3n) is 4.32. The van der Waals surface area contributed by atoms with Crippen LogP contribution < -0.4 is 5.14 Å². The molecule has 2 N–H and O–H groups in total. The van der Waals surface area contributed by atoms with Gasteiger partial charge in [-0.2, -0.15) is 4.31 Å². The second-order valence-electron chi connectivity index (χ2n) is 6.19. The average Bonchev–Trinajstić information content (AvgIpc) is 3.36. The summed E-state index contributed by atoms with van der Waals surface area (Å²) in [4.78, 5) is 0.679. The molecule has 0 aromatic heterocycles. The molecule has 0 radical (unpaired) electrons. The number of sulfonamides is 2. The molecule has 138 valence electrons. The number of primary sulfonamides is 1. The first-order valence-corrected chi connectivity index (χ1v) is 11.0. The lowest BCUT2D eigenvalue weighted by Crippen LogP contribution is -2.22. The van der Waals surface area contributed by atoms with Crippen LogP contribution in [0.2, 0.25) is 0 Å². The third-order valence-corrected chi connectivity index (χ3v) is 7.35. The van der Waals surface area contributed by atoms with Gasteiger partial charge in [-0.05, 0) is 36.1 Å². The monoisotopic (exact) mass is 392 g/mol. The van der Waals surface area contributed by atoms with Gasteiger partial charge in [0, 0.05) is 12.6 Å². The van der Waals surface area contributed by atoms with Gasteiger partial charge >= 0.3 is 0 Å². The van der Waals surface area contributed by atoms with Crippen LogP contribution in [0, 0.1) is 0 Å². The maximum atomic E-state index is 11.8. The van der Waals surface area contributed by atoms with E-state index in [1.807, 2.05) is 12.1 Å². The molecular weight excluding hydrogens is 372 g/mol. The Bertz CT molecular complexity index is 1050. The maximum absolute atomic E-state index is 11.8. The van der Waals surface area contributed by atoms with E-state index < -0.39 is 20.0 Å². The van der Waals surface area contributed by atoms with Crippen molar-refractivity contribution in [2.75, 3.05) is 6.54 Å². The first kappa shape index (κ1) is 18.8. The number of hydrogen-bond donors (Lipinski definition) is 1. The van der Waals surface area contributed by atoms with Crippen molar-refractivity contribution in [2.24, 2.45) is 5.14 Å². The average molecular weight is 393 g/mol. The number of nitrogens with zero attached hydrogens (tertiary/aromatic N) is 1. The first-order chi connectivity index (χ1) is 12.2. The summed E-state index contributed by atoms with van der Waals surface area (Å²) in [6, 6.07) is 14.2. The van der Waals surface area contributed by atoms with E-state index in [2.05, 4.69) is 6.58 Å². The molecule has 0 amide bonds. The predicted octanol–water partition coefficient (Wildman–Crippen LogP) is 1.68. The topological polar surface area (TPSA) is 97.3 Å². The quantitative estimate of drug-likeness (QED) is 0.635. The van der Waals surface area contributed by atoms with E-state index in [9.17, 15) is 16.8 Å². The van der Waals surface area contributed by atoms with Crippen molar-refractivity contribution in [1.29, 1.82) is 0 Å². The lowest BCUT2D eigenvalue weighted by molar-refractivity contribution is 0.541. The van der Waals surface area contributed by atoms with Gasteiger partial charge in [0.05, 0.1) is 9.79 Å². The summed E-state index contributed by atoms with van der Waals surface area (Å²) in [5, 5.41) is 5.03. The Kier molecular flexibility index (Phi) is 5.03. The normalized spacial score (nSPS) is 22.2. The van der Waals surface area contributed by atoms with E-state index in [0.29, 0.717) is 23.4 Å². The summed E-state index contributed by atoms with van der Waals surface area (Å²) < 4.78 is 47.3. The molecule has 2 aliphatic rings. The van der Waals surface area contributed by atoms with Crippen LogP contribution in [-0.2, 0) is 32.9 Å². The summed E-state index contributed by atoms with van der Waals surface area (Å²) >= 11 is 0. The standard InChI is InChI=1S/C9H9NO2S.C9H11NO2S/c11-13(12)9-4-2-1-3-7(9)5-8-6-10(8)13;1-2-5-8-6-3-4-7-9(8)13(10,11)12/h1-4,8H,5-6H2;2-4,6-7H,1,5H2,(H2,10,11,12). The lowest BCUT2D eigenvalue weighted by atomic mass is 10.1. The van der Waals surface area contributed by atoms with Crippen molar-refractivity contribution in [3.05, 3.63) is 72.3 Å². The highest BCUT2D eigenvalue weighted by Crippen LogP contribution is 2.37. The molecule has 0 saturated carbocycles. The van der Waals surface area contributed by atoms with Crippen LogP contribution in [0.25, 0.3) is 0 Å². The molecule has 1 fully saturated rings. The van der Waals surface area contributed by atoms with Gasteiger partial charge in [-0.3, -0.25) is 0 Å². The minimum absolute atomic E-state index is 0.176. The Morgan fingerprint density at radius 3 is 2.50 bits per heavy atom. The Balaban J connectivity index is 0.000000151. The van der Waals surface area contributed by atoms with Crippen LogP contribution in [-0.4, -0.2) is 33.7 Å². The van der Waals surface area contributed by atoms with Crippen molar-refractivity contribution in [1.82, 2.24) is 4.31 Å². The molecule has 0 aliphatic carbocycles. The number of nitrogens with two attached hydrogens (primary N) is 1. The Morgan fingerprint density at radius 1 is 1.15 bits per heavy atom. The molecule has 0 bridgehead atoms. The number of hydrogen-bond acceptors (Lipinski definition) is 4. The minimum atomic E-state index is -3.60. The fourth-order valence-electron chi connectivity index (χ4n) is 3.03. The van der Waals surface area contributed by atoms with Gasteiger partial charge in [-0.25, -0.2) is 22.0 Å². The highest BCUT2D eigenvalue weighted by Gasteiger charge is 2.48. The summed E-state index contributed by atoms with van der Waals surface area (Å²) in [7, 11) is -6.72. The van der Waals surface area contributed by atoms with E-state index in [0.717, 1.165) is 12.0 Å².